The second kappa shape index (κ2) is 9.11. The van der Waals surface area contributed by atoms with Crippen LogP contribution in [-0.2, 0) is 28.5 Å². The molecule has 14 nitrogen and oxygen atoms in total. The van der Waals surface area contributed by atoms with Crippen molar-refractivity contribution < 1.29 is 68.1 Å². The van der Waals surface area contributed by atoms with E-state index in [1.165, 1.54) is 13.8 Å². The molecule has 4 N–H and O–H groups in total. The standard InChI is InChI=1S/C32H22O14/c1-7-17-23(31-13(43-7)5-15(35)45-31)29(41)21-19(27(17)39)11(33)3-9(25(21)37)10-4-12(34)20-22(26(10)38)30(42)24-18(28(20)40)8(2)44-14-6-16(36)46-32(14)24/h3-4,7-8,13-14,31-34,37-38H,5-6H2,1-2H3. The average molecular weight is 631 g/mol. The summed E-state index contributed by atoms with van der Waals surface area (Å²) in [4.78, 5) is 79.3. The van der Waals surface area contributed by atoms with E-state index in [0.29, 0.717) is 0 Å². The van der Waals surface area contributed by atoms with Gasteiger partial charge in [-0.15, -0.1) is 0 Å². The molecular weight excluding hydrogens is 608 g/mol. The monoisotopic (exact) mass is 630 g/mol. The van der Waals surface area contributed by atoms with Crippen LogP contribution in [0.5, 0.6) is 23.0 Å². The third-order valence-electron chi connectivity index (χ3n) is 9.38. The molecule has 0 spiro atoms. The van der Waals surface area contributed by atoms with Crippen molar-refractivity contribution >= 4 is 35.1 Å². The smallest absolute Gasteiger partial charge is 0.309 e. The Morgan fingerprint density at radius 1 is 0.543 bits per heavy atom. The van der Waals surface area contributed by atoms with E-state index in [1.807, 2.05) is 0 Å². The Morgan fingerprint density at radius 3 is 1.26 bits per heavy atom. The van der Waals surface area contributed by atoms with Crippen molar-refractivity contribution in [3.05, 3.63) is 56.7 Å². The van der Waals surface area contributed by atoms with E-state index in [9.17, 15) is 49.2 Å². The number of benzene rings is 2. The van der Waals surface area contributed by atoms with Crippen LogP contribution < -0.4 is 0 Å². The maximum Gasteiger partial charge on any atom is 0.309 e. The van der Waals surface area contributed by atoms with Crippen LogP contribution >= 0.6 is 0 Å². The number of Topliss-reactive ketones (excluding diaryl/α,β-unsaturated/α-hetero) is 4. The van der Waals surface area contributed by atoms with E-state index in [-0.39, 0.29) is 35.1 Å². The third-order valence-corrected chi connectivity index (χ3v) is 9.38. The minimum Gasteiger partial charge on any atom is -0.507 e. The van der Waals surface area contributed by atoms with Crippen molar-refractivity contribution in [1.29, 1.82) is 0 Å². The highest BCUT2D eigenvalue weighted by Gasteiger charge is 2.54. The number of carbonyl (C=O) groups is 6. The highest BCUT2D eigenvalue weighted by molar-refractivity contribution is 6.32. The molecule has 46 heavy (non-hydrogen) atoms. The van der Waals surface area contributed by atoms with Gasteiger partial charge in [-0.1, -0.05) is 0 Å². The van der Waals surface area contributed by atoms with Crippen LogP contribution in [0.15, 0.2) is 34.4 Å². The lowest BCUT2D eigenvalue weighted by molar-refractivity contribution is -0.141. The third kappa shape index (κ3) is 3.42. The molecule has 4 aliphatic heterocycles. The average Bonchev–Trinajstić information content (AvgIpc) is 3.55. The maximum atomic E-state index is 14.0. The number of carbonyl (C=O) groups excluding carboxylic acids is 6. The first-order valence-electron chi connectivity index (χ1n) is 14.3. The second-order valence-electron chi connectivity index (χ2n) is 11.9. The summed E-state index contributed by atoms with van der Waals surface area (Å²) in [5.41, 5.74) is -4.09. The number of rotatable bonds is 1. The topological polar surface area (TPSA) is 220 Å². The summed E-state index contributed by atoms with van der Waals surface area (Å²) >= 11 is 0. The zero-order chi connectivity index (χ0) is 32.7. The molecule has 0 amide bonds. The van der Waals surface area contributed by atoms with Crippen LogP contribution in [-0.4, -0.2) is 92.1 Å². The number of fused-ring (bicyclic) bond motifs is 6. The normalized spacial score (nSPS) is 29.5. The van der Waals surface area contributed by atoms with E-state index in [0.717, 1.165) is 12.1 Å². The molecule has 6 atom stereocenters. The van der Waals surface area contributed by atoms with Crippen molar-refractivity contribution in [3.63, 3.8) is 0 Å². The van der Waals surface area contributed by atoms with Crippen LogP contribution in [0.3, 0.4) is 0 Å². The molecule has 2 aliphatic carbocycles. The van der Waals surface area contributed by atoms with Gasteiger partial charge in [-0.3, -0.25) is 28.8 Å². The van der Waals surface area contributed by atoms with Gasteiger partial charge in [0.15, 0.2) is 35.3 Å². The lowest BCUT2D eigenvalue weighted by Gasteiger charge is -2.36. The zero-order valence-corrected chi connectivity index (χ0v) is 23.9. The van der Waals surface area contributed by atoms with Gasteiger partial charge in [0.05, 0.1) is 58.4 Å². The van der Waals surface area contributed by atoms with Gasteiger partial charge in [-0.2, -0.15) is 0 Å². The van der Waals surface area contributed by atoms with Crippen LogP contribution in [0.4, 0.5) is 0 Å². The van der Waals surface area contributed by atoms with E-state index >= 15 is 0 Å². The molecule has 4 heterocycles. The van der Waals surface area contributed by atoms with Gasteiger partial charge in [-0.05, 0) is 26.0 Å². The van der Waals surface area contributed by atoms with Crippen LogP contribution in [0, 0.1) is 0 Å². The van der Waals surface area contributed by atoms with Crippen LogP contribution in [0.25, 0.3) is 11.1 Å². The second-order valence-corrected chi connectivity index (χ2v) is 11.9. The van der Waals surface area contributed by atoms with Crippen molar-refractivity contribution in [1.82, 2.24) is 0 Å². The van der Waals surface area contributed by atoms with Crippen LogP contribution in [0.2, 0.25) is 0 Å². The minimum absolute atomic E-state index is 0.144. The molecule has 6 aliphatic rings. The Bertz CT molecular complexity index is 1870. The van der Waals surface area contributed by atoms with Crippen LogP contribution in [0.1, 0.15) is 68.1 Å². The Morgan fingerprint density at radius 2 is 0.891 bits per heavy atom. The summed E-state index contributed by atoms with van der Waals surface area (Å²) in [5.74, 6) is -8.27. The van der Waals surface area contributed by atoms with Crippen molar-refractivity contribution in [2.45, 2.75) is 63.3 Å². The number of hydrogen-bond acceptors (Lipinski definition) is 14. The molecule has 0 saturated carbocycles. The number of phenolic OH excluding ortho intramolecular Hbond substituents is 4. The predicted molar refractivity (Wildman–Crippen MR) is 148 cm³/mol. The highest BCUT2D eigenvalue weighted by atomic mass is 16.6. The molecule has 2 saturated heterocycles. The molecular formula is C32H22O14. The first kappa shape index (κ1) is 28.2. The number of aromatic hydroxyl groups is 4. The first-order chi connectivity index (χ1) is 21.8. The fraction of sp³-hybridized carbons (Fsp3) is 0.312. The fourth-order valence-electron chi connectivity index (χ4n) is 7.49. The zero-order valence-electron chi connectivity index (χ0n) is 23.9. The largest absolute Gasteiger partial charge is 0.507 e. The summed E-state index contributed by atoms with van der Waals surface area (Å²) < 4.78 is 22.1. The number of esters is 2. The molecule has 2 aromatic carbocycles. The summed E-state index contributed by atoms with van der Waals surface area (Å²) in [7, 11) is 0. The van der Waals surface area contributed by atoms with E-state index < -0.39 is 128 Å². The molecule has 14 heteroatoms. The molecule has 0 radical (unpaired) electrons. The van der Waals surface area contributed by atoms with E-state index in [4.69, 9.17) is 18.9 Å². The number of ketones is 4. The predicted octanol–water partition coefficient (Wildman–Crippen LogP) is 1.73. The Balaban J connectivity index is 1.30. The molecule has 2 aromatic rings. The molecule has 8 rings (SSSR count). The lowest BCUT2D eigenvalue weighted by atomic mass is 9.74. The molecule has 234 valence electrons. The number of hydrogen-bond donors (Lipinski definition) is 4. The summed E-state index contributed by atoms with van der Waals surface area (Å²) in [5, 5.41) is 45.1. The van der Waals surface area contributed by atoms with Crippen molar-refractivity contribution in [2.24, 2.45) is 0 Å². The van der Waals surface area contributed by atoms with E-state index in [2.05, 4.69) is 0 Å². The van der Waals surface area contributed by atoms with E-state index in [1.54, 1.807) is 0 Å². The minimum atomic E-state index is -1.24. The number of ether oxygens (including phenoxy) is 4. The van der Waals surface area contributed by atoms with Gasteiger partial charge in [0, 0.05) is 22.3 Å². The molecule has 2 fully saturated rings. The van der Waals surface area contributed by atoms with Crippen molar-refractivity contribution in [3.8, 4) is 34.1 Å². The number of phenols is 4. The molecule has 0 aromatic heterocycles. The van der Waals surface area contributed by atoms with Gasteiger partial charge in [0.1, 0.15) is 35.2 Å². The molecule has 6 unspecified atom stereocenters. The Labute approximate surface area is 257 Å². The fourth-order valence-corrected chi connectivity index (χ4v) is 7.49. The lowest BCUT2D eigenvalue weighted by Crippen LogP contribution is -2.44. The quantitative estimate of drug-likeness (QED) is 0.260. The SMILES string of the molecule is CC1OC2CC(=O)OC2C2=C1C(=O)c1c(O)cc(-c3cc(O)c4c(c3O)C(=O)C3=C(C4=O)C(C)OC4CC(=O)OC34)c(O)c1C2=O. The summed E-state index contributed by atoms with van der Waals surface area (Å²) in [6, 6.07) is 1.73. The highest BCUT2D eigenvalue weighted by Crippen LogP contribution is 2.52. The van der Waals surface area contributed by atoms with Gasteiger partial charge in [0.2, 0.25) is 0 Å². The first-order valence-corrected chi connectivity index (χ1v) is 14.3. The van der Waals surface area contributed by atoms with Gasteiger partial charge in [0.25, 0.3) is 0 Å². The van der Waals surface area contributed by atoms with Crippen molar-refractivity contribution in [2.75, 3.05) is 0 Å². The van der Waals surface area contributed by atoms with Gasteiger partial charge in [-0.25, -0.2) is 0 Å². The molecule has 0 bridgehead atoms. The Kier molecular flexibility index (Phi) is 5.58. The summed E-state index contributed by atoms with van der Waals surface area (Å²) in [6.45, 7) is 2.99. The van der Waals surface area contributed by atoms with Gasteiger partial charge >= 0.3 is 11.9 Å². The Hall–Kier alpha value is -5.34. The maximum absolute atomic E-state index is 14.0. The van der Waals surface area contributed by atoms with Gasteiger partial charge < -0.3 is 39.4 Å². The summed E-state index contributed by atoms with van der Waals surface area (Å²) in [6.07, 6.45) is -6.46.